The van der Waals surface area contributed by atoms with E-state index in [2.05, 4.69) is 52.3 Å². The van der Waals surface area contributed by atoms with Crippen LogP contribution in [0.25, 0.3) is 0 Å². The van der Waals surface area contributed by atoms with Gasteiger partial charge in [-0.25, -0.2) is 4.79 Å². The van der Waals surface area contributed by atoms with Crippen LogP contribution in [-0.2, 0) is 4.79 Å². The molecule has 34 heavy (non-hydrogen) atoms. The van der Waals surface area contributed by atoms with E-state index in [1.54, 1.807) is 6.92 Å². The molecular weight excluding hydrogens is 430 g/mol. The number of allylic oxidation sites excluding steroid dienone is 1. The van der Waals surface area contributed by atoms with Gasteiger partial charge in [-0.15, -0.1) is 0 Å². The van der Waals surface area contributed by atoms with Crippen LogP contribution in [0.2, 0.25) is 0 Å². The maximum absolute atomic E-state index is 11.5. The molecule has 2 aromatic rings. The molecule has 0 bridgehead atoms. The Bertz CT molecular complexity index is 1100. The van der Waals surface area contributed by atoms with Gasteiger partial charge in [-0.2, -0.15) is 0 Å². The summed E-state index contributed by atoms with van der Waals surface area (Å²) in [5.74, 6) is 0.993. The van der Waals surface area contributed by atoms with Crippen molar-refractivity contribution < 1.29 is 19.4 Å². The smallest absolute Gasteiger partial charge is 0.337 e. The zero-order chi connectivity index (χ0) is 24.1. The second-order valence-corrected chi connectivity index (χ2v) is 8.65. The Hall–Kier alpha value is -3.74. The molecule has 1 aliphatic carbocycles. The first-order valence-electron chi connectivity index (χ1n) is 11.5. The number of carboxylic acid groups (broad SMARTS) is 1. The summed E-state index contributed by atoms with van der Waals surface area (Å²) >= 11 is 0. The monoisotopic (exact) mass is 461 g/mol. The third-order valence-corrected chi connectivity index (χ3v) is 6.19. The van der Waals surface area contributed by atoms with Crippen molar-refractivity contribution in [2.45, 2.75) is 38.2 Å². The fourth-order valence-electron chi connectivity index (χ4n) is 4.00. The zero-order valence-electron chi connectivity index (χ0n) is 19.7. The second-order valence-electron chi connectivity index (χ2n) is 8.65. The number of nitrogens with one attached hydrogen (secondary N) is 1. The summed E-state index contributed by atoms with van der Waals surface area (Å²) in [6.07, 6.45) is 6.37. The van der Waals surface area contributed by atoms with Crippen molar-refractivity contribution in [1.82, 2.24) is 5.32 Å². The van der Waals surface area contributed by atoms with Gasteiger partial charge in [0.15, 0.2) is 0 Å². The molecule has 0 saturated heterocycles. The molecule has 0 spiro atoms. The summed E-state index contributed by atoms with van der Waals surface area (Å²) in [5, 5.41) is 12.7. The lowest BCUT2D eigenvalue weighted by atomic mass is 9.92. The number of carboxylic acids is 1. The number of fused-ring (bicyclic) bond motifs is 1. The van der Waals surface area contributed by atoms with Crippen molar-refractivity contribution >= 4 is 24.1 Å². The van der Waals surface area contributed by atoms with Crippen molar-refractivity contribution in [3.8, 4) is 11.5 Å². The van der Waals surface area contributed by atoms with E-state index in [9.17, 15) is 9.90 Å². The Labute approximate surface area is 200 Å². The van der Waals surface area contributed by atoms with Gasteiger partial charge < -0.3 is 24.8 Å². The topological polar surface area (TPSA) is 83.4 Å². The highest BCUT2D eigenvalue weighted by atomic mass is 16.5. The highest BCUT2D eigenvalue weighted by Gasteiger charge is 2.24. The van der Waals surface area contributed by atoms with Crippen LogP contribution < -0.4 is 19.7 Å². The van der Waals surface area contributed by atoms with Gasteiger partial charge in [0.05, 0.1) is 18.3 Å². The number of hydrogen-bond acceptors (Lipinski definition) is 6. The molecule has 1 aliphatic heterocycles. The molecule has 2 aliphatic rings. The first-order chi connectivity index (χ1) is 16.5. The van der Waals surface area contributed by atoms with Crippen LogP contribution in [0.4, 0.5) is 11.4 Å². The summed E-state index contributed by atoms with van der Waals surface area (Å²) in [5.41, 5.74) is 3.99. The van der Waals surface area contributed by atoms with Crippen LogP contribution in [0, 0.1) is 0 Å². The van der Waals surface area contributed by atoms with Crippen LogP contribution in [0.3, 0.4) is 0 Å². The Morgan fingerprint density at radius 3 is 2.65 bits per heavy atom. The van der Waals surface area contributed by atoms with Gasteiger partial charge in [0.1, 0.15) is 11.5 Å². The molecule has 2 aromatic carbocycles. The summed E-state index contributed by atoms with van der Waals surface area (Å²) in [6.45, 7) is 6.35. The molecule has 7 heteroatoms. The molecule has 1 fully saturated rings. The van der Waals surface area contributed by atoms with Gasteiger partial charge in [0.2, 0.25) is 0 Å². The molecule has 4 rings (SSSR count). The molecular formula is C27H31N3O4. The number of aliphatic imine (C=N–C) groups is 1. The van der Waals surface area contributed by atoms with E-state index >= 15 is 0 Å². The van der Waals surface area contributed by atoms with Crippen molar-refractivity contribution in [2.75, 3.05) is 25.1 Å². The van der Waals surface area contributed by atoms with Crippen LogP contribution in [0.5, 0.6) is 11.5 Å². The van der Waals surface area contributed by atoms with Crippen LogP contribution >= 0.6 is 0 Å². The number of anilines is 2. The normalized spacial score (nSPS) is 17.9. The molecule has 1 atom stereocenters. The Morgan fingerprint density at radius 2 is 1.97 bits per heavy atom. The predicted octanol–water partition coefficient (Wildman–Crippen LogP) is 5.02. The molecule has 2 N–H and O–H groups in total. The van der Waals surface area contributed by atoms with Gasteiger partial charge >= 0.3 is 5.97 Å². The standard InChI is InChI=1S/C27H31N3O4/c1-18(24(27(31)32)12-14-28-2)29-17-19-13-15-33-26-16-21(6-11-25(19)26)30(3)20-4-7-22(8-5-20)34-23-9-10-23/h4-8,11-12,14,16,19,23,29H,2,9-10,13,15,17H2,1,3H3,(H,31,32)/b14-12-,24-18-/t19-/m0/s1. The van der Waals surface area contributed by atoms with Crippen molar-refractivity contribution in [3.05, 3.63) is 71.6 Å². The molecule has 0 aromatic heterocycles. The largest absolute Gasteiger partial charge is 0.493 e. The molecule has 1 heterocycles. The zero-order valence-corrected chi connectivity index (χ0v) is 19.7. The van der Waals surface area contributed by atoms with Crippen LogP contribution in [0.1, 0.15) is 37.7 Å². The lowest BCUT2D eigenvalue weighted by Gasteiger charge is -2.29. The van der Waals surface area contributed by atoms with Gasteiger partial charge in [0.25, 0.3) is 0 Å². The van der Waals surface area contributed by atoms with Gasteiger partial charge in [0, 0.05) is 48.8 Å². The summed E-state index contributed by atoms with van der Waals surface area (Å²) < 4.78 is 11.8. The number of benzene rings is 2. The highest BCUT2D eigenvalue weighted by molar-refractivity contribution is 5.90. The van der Waals surface area contributed by atoms with Crippen molar-refractivity contribution in [3.63, 3.8) is 0 Å². The number of nitrogens with zero attached hydrogens (tertiary/aromatic N) is 2. The Kier molecular flexibility index (Phi) is 7.21. The summed E-state index contributed by atoms with van der Waals surface area (Å²) in [7, 11) is 2.04. The van der Waals surface area contributed by atoms with E-state index in [1.807, 2.05) is 19.2 Å². The van der Waals surface area contributed by atoms with E-state index < -0.39 is 5.97 Å². The molecule has 0 amide bonds. The Morgan fingerprint density at radius 1 is 1.24 bits per heavy atom. The molecule has 178 valence electrons. The summed E-state index contributed by atoms with van der Waals surface area (Å²) in [6, 6.07) is 14.4. The summed E-state index contributed by atoms with van der Waals surface area (Å²) in [4.78, 5) is 17.3. The molecule has 0 radical (unpaired) electrons. The van der Waals surface area contributed by atoms with Crippen LogP contribution in [-0.4, -0.2) is 44.1 Å². The predicted molar refractivity (Wildman–Crippen MR) is 134 cm³/mol. The first kappa shape index (κ1) is 23.4. The fraction of sp³-hybridized carbons (Fsp3) is 0.333. The van der Waals surface area contributed by atoms with Gasteiger partial charge in [-0.1, -0.05) is 6.07 Å². The maximum Gasteiger partial charge on any atom is 0.337 e. The van der Waals surface area contributed by atoms with Crippen LogP contribution in [0.15, 0.2) is 71.0 Å². The van der Waals surface area contributed by atoms with Gasteiger partial charge in [-0.05, 0) is 74.9 Å². The number of ether oxygens (including phenoxy) is 2. The quantitative estimate of drug-likeness (QED) is 0.294. The van der Waals surface area contributed by atoms with Crippen molar-refractivity contribution in [2.24, 2.45) is 4.99 Å². The number of carbonyl (C=O) groups is 1. The number of hydrogen-bond donors (Lipinski definition) is 2. The lowest BCUT2D eigenvalue weighted by Crippen LogP contribution is -2.26. The maximum atomic E-state index is 11.5. The highest BCUT2D eigenvalue weighted by Crippen LogP contribution is 2.38. The Balaban J connectivity index is 1.46. The molecule has 1 saturated carbocycles. The minimum Gasteiger partial charge on any atom is -0.493 e. The van der Waals surface area contributed by atoms with Crippen molar-refractivity contribution in [1.29, 1.82) is 0 Å². The average Bonchev–Trinajstić information content (AvgIpc) is 3.66. The fourth-order valence-corrected chi connectivity index (χ4v) is 4.00. The minimum absolute atomic E-state index is 0.171. The first-order valence-corrected chi connectivity index (χ1v) is 11.5. The number of aliphatic carboxylic acids is 1. The van der Waals surface area contributed by atoms with E-state index in [0.29, 0.717) is 25.0 Å². The van der Waals surface area contributed by atoms with E-state index in [-0.39, 0.29) is 11.5 Å². The van der Waals surface area contributed by atoms with E-state index in [4.69, 9.17) is 9.47 Å². The van der Waals surface area contributed by atoms with E-state index in [1.165, 1.54) is 12.3 Å². The minimum atomic E-state index is -1.00. The SMILES string of the molecule is C=N/C=C\C(C(=O)O)=C(/C)NC[C@@H]1CCOc2cc(N(C)c3ccc(OC4CC4)cc3)ccc21. The molecule has 0 unspecified atom stereocenters. The van der Waals surface area contributed by atoms with Gasteiger partial charge in [-0.3, -0.25) is 4.99 Å². The third kappa shape index (κ3) is 5.60. The second kappa shape index (κ2) is 10.5. The molecule has 7 nitrogen and oxygen atoms in total. The van der Waals surface area contributed by atoms with E-state index in [0.717, 1.165) is 47.7 Å². The lowest BCUT2D eigenvalue weighted by molar-refractivity contribution is -0.132. The number of rotatable bonds is 10. The third-order valence-electron chi connectivity index (χ3n) is 6.19. The average molecular weight is 462 g/mol.